The Bertz CT molecular complexity index is 857. The fraction of sp³-hybridized carbons (Fsp3) is 0.350. The van der Waals surface area contributed by atoms with E-state index < -0.39 is 0 Å². The molecule has 4 rings (SSSR count). The fourth-order valence-corrected chi connectivity index (χ4v) is 3.89. The zero-order valence-corrected chi connectivity index (χ0v) is 14.0. The smallest absolute Gasteiger partial charge is 0.267 e. The first kappa shape index (κ1) is 15.8. The van der Waals surface area contributed by atoms with E-state index in [-0.39, 0.29) is 18.0 Å². The first-order chi connectivity index (χ1) is 12.2. The van der Waals surface area contributed by atoms with Crippen LogP contribution in [0.1, 0.15) is 12.8 Å². The predicted octanol–water partition coefficient (Wildman–Crippen LogP) is 2.24. The van der Waals surface area contributed by atoms with Crippen LogP contribution in [-0.4, -0.2) is 22.2 Å². The summed E-state index contributed by atoms with van der Waals surface area (Å²) in [4.78, 5) is 24.3. The van der Waals surface area contributed by atoms with Gasteiger partial charge in [0.1, 0.15) is 6.54 Å². The maximum Gasteiger partial charge on any atom is 0.267 e. The highest BCUT2D eigenvalue weighted by Gasteiger charge is 2.35. The quantitative estimate of drug-likeness (QED) is 0.852. The topological polar surface area (TPSA) is 64.0 Å². The van der Waals surface area contributed by atoms with Crippen molar-refractivity contribution in [3.05, 3.63) is 65.0 Å². The van der Waals surface area contributed by atoms with Crippen LogP contribution in [0.3, 0.4) is 0 Å². The van der Waals surface area contributed by atoms with Gasteiger partial charge in [-0.3, -0.25) is 9.59 Å². The molecule has 0 aliphatic heterocycles. The molecule has 128 valence electrons. The number of amides is 1. The molecule has 3 atom stereocenters. The van der Waals surface area contributed by atoms with E-state index in [4.69, 9.17) is 0 Å². The van der Waals surface area contributed by atoms with Crippen molar-refractivity contribution in [1.82, 2.24) is 15.1 Å². The van der Waals surface area contributed by atoms with Crippen LogP contribution in [0, 0.1) is 17.8 Å². The molecular weight excluding hydrogens is 314 g/mol. The van der Waals surface area contributed by atoms with E-state index in [1.807, 2.05) is 30.3 Å². The van der Waals surface area contributed by atoms with Gasteiger partial charge in [0.15, 0.2) is 0 Å². The van der Waals surface area contributed by atoms with Gasteiger partial charge in [0.25, 0.3) is 5.56 Å². The van der Waals surface area contributed by atoms with Gasteiger partial charge in [-0.25, -0.2) is 4.68 Å². The minimum atomic E-state index is -0.266. The summed E-state index contributed by atoms with van der Waals surface area (Å²) in [6.07, 6.45) is 6.95. The molecule has 2 aromatic rings. The summed E-state index contributed by atoms with van der Waals surface area (Å²) in [5.74, 6) is 1.66. The second kappa shape index (κ2) is 6.67. The van der Waals surface area contributed by atoms with Gasteiger partial charge in [0, 0.05) is 18.2 Å². The van der Waals surface area contributed by atoms with E-state index in [2.05, 4.69) is 22.6 Å². The number of nitrogens with one attached hydrogen (secondary N) is 1. The van der Waals surface area contributed by atoms with Crippen molar-refractivity contribution in [3.8, 4) is 11.3 Å². The zero-order valence-electron chi connectivity index (χ0n) is 14.0. The number of carbonyl (C=O) groups excluding carboxylic acids is 1. The molecule has 25 heavy (non-hydrogen) atoms. The molecule has 1 amide bonds. The van der Waals surface area contributed by atoms with Gasteiger partial charge in [0.2, 0.25) is 5.91 Å². The molecule has 2 aliphatic carbocycles. The van der Waals surface area contributed by atoms with Gasteiger partial charge in [0.05, 0.1) is 5.69 Å². The maximum atomic E-state index is 12.2. The van der Waals surface area contributed by atoms with Gasteiger partial charge >= 0.3 is 0 Å². The third-order valence-corrected chi connectivity index (χ3v) is 5.21. The molecule has 1 saturated carbocycles. The molecule has 1 fully saturated rings. The summed E-state index contributed by atoms with van der Waals surface area (Å²) in [5.41, 5.74) is 1.34. The minimum absolute atomic E-state index is 0.0455. The van der Waals surface area contributed by atoms with Crippen LogP contribution in [-0.2, 0) is 11.3 Å². The number of hydrogen-bond acceptors (Lipinski definition) is 3. The Hall–Kier alpha value is -2.69. The second-order valence-corrected chi connectivity index (χ2v) is 6.92. The number of carbonyl (C=O) groups is 1. The lowest BCUT2D eigenvalue weighted by molar-refractivity contribution is -0.122. The minimum Gasteiger partial charge on any atom is -0.354 e. The average molecular weight is 335 g/mol. The molecule has 2 aliphatic rings. The van der Waals surface area contributed by atoms with Gasteiger partial charge in [-0.05, 0) is 36.7 Å². The first-order valence-corrected chi connectivity index (χ1v) is 8.77. The average Bonchev–Trinajstić information content (AvgIpc) is 3.26. The predicted molar refractivity (Wildman–Crippen MR) is 95.8 cm³/mol. The summed E-state index contributed by atoms with van der Waals surface area (Å²) >= 11 is 0. The highest BCUT2D eigenvalue weighted by molar-refractivity contribution is 5.75. The van der Waals surface area contributed by atoms with Crippen molar-refractivity contribution < 1.29 is 4.79 Å². The molecule has 5 heteroatoms. The van der Waals surface area contributed by atoms with Crippen LogP contribution in [0.15, 0.2) is 59.4 Å². The Morgan fingerprint density at radius 2 is 1.96 bits per heavy atom. The van der Waals surface area contributed by atoms with E-state index in [9.17, 15) is 9.59 Å². The standard InChI is InChI=1S/C20H21N3O2/c24-19(21-12-17-11-14-6-7-16(17)10-14)13-23-20(25)9-8-18(22-23)15-4-2-1-3-5-15/h1-9,14,16-17H,10-13H2,(H,21,24)/t14-,16-,17-/m0/s1. The van der Waals surface area contributed by atoms with E-state index >= 15 is 0 Å². The van der Waals surface area contributed by atoms with Crippen molar-refractivity contribution >= 4 is 5.91 Å². The van der Waals surface area contributed by atoms with Crippen LogP contribution in [0.5, 0.6) is 0 Å². The van der Waals surface area contributed by atoms with Crippen LogP contribution in [0.2, 0.25) is 0 Å². The molecule has 1 aromatic heterocycles. The van der Waals surface area contributed by atoms with Crippen molar-refractivity contribution in [2.24, 2.45) is 17.8 Å². The van der Waals surface area contributed by atoms with E-state index in [0.29, 0.717) is 30.0 Å². The Labute approximate surface area is 146 Å². The van der Waals surface area contributed by atoms with Crippen molar-refractivity contribution in [2.45, 2.75) is 19.4 Å². The molecule has 5 nitrogen and oxygen atoms in total. The van der Waals surface area contributed by atoms with Crippen LogP contribution < -0.4 is 10.9 Å². The number of rotatable bonds is 5. The Morgan fingerprint density at radius 3 is 2.68 bits per heavy atom. The number of hydrogen-bond donors (Lipinski definition) is 1. The maximum absolute atomic E-state index is 12.2. The molecule has 1 N–H and O–H groups in total. The monoisotopic (exact) mass is 335 g/mol. The van der Waals surface area contributed by atoms with Crippen molar-refractivity contribution in [3.63, 3.8) is 0 Å². The largest absolute Gasteiger partial charge is 0.354 e. The molecule has 0 spiro atoms. The van der Waals surface area contributed by atoms with Gasteiger partial charge in [-0.1, -0.05) is 42.5 Å². The Kier molecular flexibility index (Phi) is 4.22. The molecule has 1 heterocycles. The van der Waals surface area contributed by atoms with Gasteiger partial charge in [-0.15, -0.1) is 0 Å². The number of benzene rings is 1. The molecule has 0 radical (unpaired) electrons. The van der Waals surface area contributed by atoms with E-state index in [1.165, 1.54) is 17.2 Å². The van der Waals surface area contributed by atoms with Crippen LogP contribution in [0.4, 0.5) is 0 Å². The lowest BCUT2D eigenvalue weighted by Crippen LogP contribution is -2.36. The number of allylic oxidation sites excluding steroid dienone is 2. The molecule has 1 aromatic carbocycles. The molecule has 0 unspecified atom stereocenters. The Balaban J connectivity index is 1.40. The lowest BCUT2D eigenvalue weighted by Gasteiger charge is -2.18. The normalized spacial score (nSPS) is 23.8. The summed E-state index contributed by atoms with van der Waals surface area (Å²) in [6.45, 7) is 0.633. The highest BCUT2D eigenvalue weighted by atomic mass is 16.2. The molecule has 0 saturated heterocycles. The molecule has 2 bridgehead atoms. The third-order valence-electron chi connectivity index (χ3n) is 5.21. The number of nitrogens with zero attached hydrogens (tertiary/aromatic N) is 2. The first-order valence-electron chi connectivity index (χ1n) is 8.77. The lowest BCUT2D eigenvalue weighted by atomic mass is 9.94. The third kappa shape index (κ3) is 3.40. The Morgan fingerprint density at radius 1 is 1.12 bits per heavy atom. The van der Waals surface area contributed by atoms with E-state index in [1.54, 1.807) is 6.07 Å². The summed E-state index contributed by atoms with van der Waals surface area (Å²) < 4.78 is 1.23. The van der Waals surface area contributed by atoms with Gasteiger partial charge in [-0.2, -0.15) is 5.10 Å². The summed E-state index contributed by atoms with van der Waals surface area (Å²) in [7, 11) is 0. The van der Waals surface area contributed by atoms with Gasteiger partial charge < -0.3 is 5.32 Å². The highest BCUT2D eigenvalue weighted by Crippen LogP contribution is 2.42. The summed E-state index contributed by atoms with van der Waals surface area (Å²) in [5, 5.41) is 7.30. The zero-order chi connectivity index (χ0) is 17.2. The van der Waals surface area contributed by atoms with Crippen LogP contribution >= 0.6 is 0 Å². The van der Waals surface area contributed by atoms with Crippen LogP contribution in [0.25, 0.3) is 11.3 Å². The molecular formula is C20H21N3O2. The number of fused-ring (bicyclic) bond motifs is 2. The van der Waals surface area contributed by atoms with Crippen molar-refractivity contribution in [1.29, 1.82) is 0 Å². The SMILES string of the molecule is O=C(Cn1nc(-c2ccccc2)ccc1=O)NC[C@@H]1C[C@H]2C=C[C@H]1C2. The van der Waals surface area contributed by atoms with E-state index in [0.717, 1.165) is 12.0 Å². The number of aromatic nitrogens is 2. The summed E-state index contributed by atoms with van der Waals surface area (Å²) in [6, 6.07) is 12.8. The fourth-order valence-electron chi connectivity index (χ4n) is 3.89. The second-order valence-electron chi connectivity index (χ2n) is 6.92. The van der Waals surface area contributed by atoms with Crippen molar-refractivity contribution in [2.75, 3.05) is 6.54 Å².